The minimum Gasteiger partial charge on any atom is -0.351 e. The zero-order valence-electron chi connectivity index (χ0n) is 10.7. The third kappa shape index (κ3) is 4.53. The van der Waals surface area contributed by atoms with Crippen molar-refractivity contribution in [3.05, 3.63) is 34.6 Å². The number of benzene rings is 1. The first-order valence-electron chi connectivity index (χ1n) is 6.01. The first-order chi connectivity index (χ1) is 8.58. The molecule has 0 radical (unpaired) electrons. The molecule has 0 aliphatic carbocycles. The van der Waals surface area contributed by atoms with Gasteiger partial charge in [-0.15, -0.1) is 0 Å². The molecule has 0 saturated heterocycles. The van der Waals surface area contributed by atoms with Gasteiger partial charge in [0.2, 0.25) is 0 Å². The van der Waals surface area contributed by atoms with Gasteiger partial charge in [-0.05, 0) is 44.0 Å². The fraction of sp³-hybridized carbons (Fsp3) is 0.538. The normalized spacial score (nSPS) is 13.0. The fourth-order valence-electron chi connectivity index (χ4n) is 1.67. The van der Waals surface area contributed by atoms with Crippen molar-refractivity contribution in [2.75, 3.05) is 13.2 Å². The van der Waals surface area contributed by atoms with Gasteiger partial charge in [-0.25, -0.2) is 4.39 Å². The topological polar surface area (TPSA) is 44.5 Å². The van der Waals surface area contributed by atoms with E-state index in [1.165, 1.54) is 12.1 Å². The number of halogens is 2. The second-order valence-electron chi connectivity index (χ2n) is 3.88. The highest BCUT2D eigenvalue weighted by Crippen LogP contribution is 2.17. The van der Waals surface area contributed by atoms with E-state index in [1.54, 1.807) is 6.07 Å². The van der Waals surface area contributed by atoms with Crippen molar-refractivity contribution in [3.63, 3.8) is 0 Å². The Labute approximate surface area is 112 Å². The Kier molecular flexibility index (Phi) is 6.57. The average Bonchev–Trinajstić information content (AvgIpc) is 2.33. The molecule has 0 spiro atoms. The summed E-state index contributed by atoms with van der Waals surface area (Å²) in [6.45, 7) is 4.71. The van der Waals surface area contributed by atoms with Crippen molar-refractivity contribution in [1.82, 2.24) is 0 Å². The molecule has 1 unspecified atom stereocenters. The molecule has 1 rings (SSSR count). The number of hydrogen-bond donors (Lipinski definition) is 1. The van der Waals surface area contributed by atoms with Gasteiger partial charge in [-0.1, -0.05) is 11.6 Å². The van der Waals surface area contributed by atoms with Gasteiger partial charge in [0.1, 0.15) is 5.82 Å². The van der Waals surface area contributed by atoms with Crippen molar-refractivity contribution in [2.45, 2.75) is 32.6 Å². The van der Waals surface area contributed by atoms with Crippen LogP contribution < -0.4 is 5.73 Å². The summed E-state index contributed by atoms with van der Waals surface area (Å²) < 4.78 is 24.3. The molecule has 5 heteroatoms. The van der Waals surface area contributed by atoms with Crippen LogP contribution in [0.4, 0.5) is 4.39 Å². The van der Waals surface area contributed by atoms with Crippen LogP contribution in [0, 0.1) is 5.82 Å². The van der Waals surface area contributed by atoms with E-state index in [-0.39, 0.29) is 5.82 Å². The molecule has 0 bridgehead atoms. The van der Waals surface area contributed by atoms with Gasteiger partial charge < -0.3 is 15.2 Å². The molecule has 1 aromatic rings. The SMILES string of the molecule is CCOC(OCC)C(N)Cc1cc(Cl)ccc1F. The highest BCUT2D eigenvalue weighted by molar-refractivity contribution is 6.30. The van der Waals surface area contributed by atoms with Gasteiger partial charge in [0, 0.05) is 18.2 Å². The Balaban J connectivity index is 2.71. The molecule has 3 nitrogen and oxygen atoms in total. The van der Waals surface area contributed by atoms with E-state index < -0.39 is 12.3 Å². The van der Waals surface area contributed by atoms with Gasteiger partial charge in [-0.3, -0.25) is 0 Å². The van der Waals surface area contributed by atoms with Gasteiger partial charge in [-0.2, -0.15) is 0 Å². The average molecular weight is 276 g/mol. The maximum Gasteiger partial charge on any atom is 0.172 e. The fourth-order valence-corrected chi connectivity index (χ4v) is 1.87. The lowest BCUT2D eigenvalue weighted by Gasteiger charge is -2.23. The van der Waals surface area contributed by atoms with Crippen molar-refractivity contribution in [1.29, 1.82) is 0 Å². The van der Waals surface area contributed by atoms with Crippen LogP contribution in [-0.4, -0.2) is 25.5 Å². The molecule has 1 atom stereocenters. The van der Waals surface area contributed by atoms with Crippen LogP contribution in [0.25, 0.3) is 0 Å². The third-order valence-electron chi connectivity index (χ3n) is 2.47. The van der Waals surface area contributed by atoms with E-state index >= 15 is 0 Å². The van der Waals surface area contributed by atoms with Crippen molar-refractivity contribution < 1.29 is 13.9 Å². The molecule has 0 saturated carbocycles. The summed E-state index contributed by atoms with van der Waals surface area (Å²) in [6, 6.07) is 3.99. The van der Waals surface area contributed by atoms with Crippen LogP contribution in [0.5, 0.6) is 0 Å². The van der Waals surface area contributed by atoms with Gasteiger partial charge >= 0.3 is 0 Å². The third-order valence-corrected chi connectivity index (χ3v) is 2.71. The molecule has 18 heavy (non-hydrogen) atoms. The molecule has 0 aromatic heterocycles. The Morgan fingerprint density at radius 3 is 2.44 bits per heavy atom. The van der Waals surface area contributed by atoms with Crippen LogP contribution in [-0.2, 0) is 15.9 Å². The predicted octanol–water partition coefficient (Wildman–Crippen LogP) is 2.75. The lowest BCUT2D eigenvalue weighted by molar-refractivity contribution is -0.148. The van der Waals surface area contributed by atoms with Crippen molar-refractivity contribution >= 4 is 11.6 Å². The minimum atomic E-state index is -0.529. The molecule has 0 aliphatic heterocycles. The van der Waals surface area contributed by atoms with Gasteiger partial charge in [0.15, 0.2) is 6.29 Å². The van der Waals surface area contributed by atoms with Crippen LogP contribution >= 0.6 is 11.6 Å². The second-order valence-corrected chi connectivity index (χ2v) is 4.32. The Bertz CT molecular complexity index is 370. The molecular weight excluding hydrogens is 257 g/mol. The maximum absolute atomic E-state index is 13.6. The molecule has 2 N–H and O–H groups in total. The lowest BCUT2D eigenvalue weighted by atomic mass is 10.1. The molecule has 1 aromatic carbocycles. The van der Waals surface area contributed by atoms with E-state index in [9.17, 15) is 4.39 Å². The van der Waals surface area contributed by atoms with E-state index in [2.05, 4.69) is 0 Å². The lowest BCUT2D eigenvalue weighted by Crippen LogP contribution is -2.40. The first kappa shape index (κ1) is 15.4. The summed E-state index contributed by atoms with van der Waals surface area (Å²) in [5.74, 6) is -0.318. The summed E-state index contributed by atoms with van der Waals surface area (Å²) >= 11 is 5.83. The smallest absolute Gasteiger partial charge is 0.172 e. The van der Waals surface area contributed by atoms with Crippen molar-refractivity contribution in [3.8, 4) is 0 Å². The van der Waals surface area contributed by atoms with E-state index in [4.69, 9.17) is 26.8 Å². The Hall–Kier alpha value is -0.680. The Morgan fingerprint density at radius 2 is 1.89 bits per heavy atom. The zero-order chi connectivity index (χ0) is 13.5. The zero-order valence-corrected chi connectivity index (χ0v) is 11.4. The molecule has 0 amide bonds. The van der Waals surface area contributed by atoms with E-state index in [1.807, 2.05) is 13.8 Å². The van der Waals surface area contributed by atoms with Crippen LogP contribution in [0.2, 0.25) is 5.02 Å². The van der Waals surface area contributed by atoms with Crippen LogP contribution in [0.15, 0.2) is 18.2 Å². The highest BCUT2D eigenvalue weighted by atomic mass is 35.5. The molecular formula is C13H19ClFNO2. The summed E-state index contributed by atoms with van der Waals surface area (Å²) in [6.07, 6.45) is -0.213. The summed E-state index contributed by atoms with van der Waals surface area (Å²) in [5, 5.41) is 0.489. The van der Waals surface area contributed by atoms with Gasteiger partial charge in [0.25, 0.3) is 0 Å². The molecule has 0 fully saturated rings. The quantitative estimate of drug-likeness (QED) is 0.778. The van der Waals surface area contributed by atoms with E-state index in [0.29, 0.717) is 30.2 Å². The molecule has 0 aliphatic rings. The second kappa shape index (κ2) is 7.69. The van der Waals surface area contributed by atoms with Crippen LogP contribution in [0.3, 0.4) is 0 Å². The van der Waals surface area contributed by atoms with Gasteiger partial charge in [0.05, 0.1) is 6.04 Å². The molecule has 0 heterocycles. The summed E-state index contributed by atoms with van der Waals surface area (Å²) in [7, 11) is 0. The van der Waals surface area contributed by atoms with E-state index in [0.717, 1.165) is 0 Å². The first-order valence-corrected chi connectivity index (χ1v) is 6.39. The highest BCUT2D eigenvalue weighted by Gasteiger charge is 2.20. The largest absolute Gasteiger partial charge is 0.351 e. The number of ether oxygens (including phenoxy) is 2. The monoisotopic (exact) mass is 275 g/mol. The van der Waals surface area contributed by atoms with Crippen LogP contribution in [0.1, 0.15) is 19.4 Å². The number of nitrogens with two attached hydrogens (primary N) is 1. The standard InChI is InChI=1S/C13H19ClFNO2/c1-3-17-13(18-4-2)12(16)8-9-7-10(14)5-6-11(9)15/h5-7,12-13H,3-4,8,16H2,1-2H3. The summed E-state index contributed by atoms with van der Waals surface area (Å²) in [5.41, 5.74) is 6.45. The molecule has 102 valence electrons. The van der Waals surface area contributed by atoms with Crippen molar-refractivity contribution in [2.24, 2.45) is 5.73 Å². The minimum absolute atomic E-state index is 0.317. The predicted molar refractivity (Wildman–Crippen MR) is 70.1 cm³/mol. The summed E-state index contributed by atoms with van der Waals surface area (Å²) in [4.78, 5) is 0. The Morgan fingerprint density at radius 1 is 1.28 bits per heavy atom. The maximum atomic E-state index is 13.6. The number of rotatable bonds is 7. The number of hydrogen-bond acceptors (Lipinski definition) is 3.